The molecule has 1 heterocycles. The summed E-state index contributed by atoms with van der Waals surface area (Å²) in [5, 5.41) is 55.3. The first-order chi connectivity index (χ1) is 29.8. The molecule has 0 aromatic rings. The second-order valence-electron chi connectivity index (χ2n) is 13.3. The molecular weight excluding hydrogens is 769 g/mol. The van der Waals surface area contributed by atoms with E-state index < -0.39 is 61.5 Å². The fourth-order valence-corrected chi connectivity index (χ4v) is 5.42. The van der Waals surface area contributed by atoms with E-state index >= 15 is 0 Å². The SMILES string of the molecule is CC#CC#CC#CC#CC#CC#CC#CC#CC#CC#CC#CC#CCC(=O)N[C@@H](CO[C@H]1OC(CN)[C@H](O)[C@H](O)C1O)[C@H](O)[C@H](O)CCCCCCCCCCCCCC. The Morgan fingerprint density at radius 3 is 1.44 bits per heavy atom. The number of carbonyl (C=O) groups excluding carboxylic acids is 1. The molecule has 316 valence electrons. The number of ether oxygens (including phenoxy) is 2. The van der Waals surface area contributed by atoms with Crippen LogP contribution in [-0.4, -0.2) is 93.5 Å². The van der Waals surface area contributed by atoms with Crippen LogP contribution in [0.15, 0.2) is 0 Å². The first-order valence-corrected chi connectivity index (χ1v) is 20.3. The molecule has 1 rings (SSSR count). The van der Waals surface area contributed by atoms with Crippen molar-refractivity contribution in [1.82, 2.24) is 5.32 Å². The molecule has 1 aliphatic heterocycles. The van der Waals surface area contributed by atoms with Gasteiger partial charge in [-0.15, -0.1) is 0 Å². The summed E-state index contributed by atoms with van der Waals surface area (Å²) in [6.07, 6.45) is 4.11. The van der Waals surface area contributed by atoms with E-state index in [4.69, 9.17) is 15.2 Å². The van der Waals surface area contributed by atoms with Gasteiger partial charge >= 0.3 is 0 Å². The number of amides is 1. The molecule has 8 atom stereocenters. The molecule has 10 heteroatoms. The second kappa shape index (κ2) is 36.9. The van der Waals surface area contributed by atoms with Gasteiger partial charge in [0, 0.05) is 42.1 Å². The summed E-state index contributed by atoms with van der Waals surface area (Å²) in [5.41, 5.74) is 5.62. The van der Waals surface area contributed by atoms with Crippen LogP contribution in [0.25, 0.3) is 0 Å². The number of hydrogen-bond acceptors (Lipinski definition) is 9. The monoisotopic (exact) mass is 822 g/mol. The van der Waals surface area contributed by atoms with Crippen molar-refractivity contribution in [3.8, 4) is 142 Å². The van der Waals surface area contributed by atoms with Crippen LogP contribution in [0, 0.1) is 142 Å². The Balaban J connectivity index is 2.69. The van der Waals surface area contributed by atoms with E-state index in [0.717, 1.165) is 19.3 Å². The highest BCUT2D eigenvalue weighted by molar-refractivity contribution is 5.79. The average molecular weight is 823 g/mol. The maximum atomic E-state index is 12.8. The third-order valence-electron chi connectivity index (χ3n) is 8.62. The zero-order chi connectivity index (χ0) is 44.6. The van der Waals surface area contributed by atoms with Gasteiger partial charge in [-0.25, -0.2) is 0 Å². The van der Waals surface area contributed by atoms with Gasteiger partial charge in [0.1, 0.15) is 30.5 Å². The predicted octanol–water partition coefficient (Wildman–Crippen LogP) is 1.52. The number of unbranched alkanes of at least 4 members (excludes halogenated alkanes) is 11. The van der Waals surface area contributed by atoms with E-state index in [-0.39, 0.29) is 13.0 Å². The number of aliphatic hydroxyl groups excluding tert-OH is 5. The Kier molecular flexibility index (Phi) is 32.0. The lowest BCUT2D eigenvalue weighted by Crippen LogP contribution is -2.61. The van der Waals surface area contributed by atoms with Crippen molar-refractivity contribution in [2.24, 2.45) is 5.73 Å². The minimum absolute atomic E-state index is 0.158. The molecule has 1 aliphatic rings. The van der Waals surface area contributed by atoms with Gasteiger partial charge in [0.25, 0.3) is 0 Å². The zero-order valence-corrected chi connectivity index (χ0v) is 35.0. The van der Waals surface area contributed by atoms with Gasteiger partial charge in [0.15, 0.2) is 6.29 Å². The van der Waals surface area contributed by atoms with Gasteiger partial charge in [-0.1, -0.05) is 95.8 Å². The van der Waals surface area contributed by atoms with E-state index in [1.165, 1.54) is 51.4 Å². The third-order valence-corrected chi connectivity index (χ3v) is 8.62. The minimum atomic E-state index is -1.63. The van der Waals surface area contributed by atoms with Crippen LogP contribution in [0.3, 0.4) is 0 Å². The summed E-state index contributed by atoms with van der Waals surface area (Å²) >= 11 is 0. The lowest BCUT2D eigenvalue weighted by Gasteiger charge is -2.40. The van der Waals surface area contributed by atoms with E-state index in [1.807, 2.05) is 0 Å². The van der Waals surface area contributed by atoms with Crippen molar-refractivity contribution < 1.29 is 39.8 Å². The fourth-order valence-electron chi connectivity index (χ4n) is 5.42. The smallest absolute Gasteiger partial charge is 0.232 e. The number of rotatable bonds is 21. The lowest BCUT2D eigenvalue weighted by molar-refractivity contribution is -0.296. The lowest BCUT2D eigenvalue weighted by atomic mass is 9.98. The zero-order valence-electron chi connectivity index (χ0n) is 35.0. The molecule has 0 bridgehead atoms. The fraction of sp³-hybridized carbons (Fsp3) is 0.510. The maximum Gasteiger partial charge on any atom is 0.232 e. The molecule has 0 saturated carbocycles. The van der Waals surface area contributed by atoms with E-state index in [0.29, 0.717) is 12.8 Å². The molecule has 1 saturated heterocycles. The van der Waals surface area contributed by atoms with Crippen molar-refractivity contribution >= 4 is 5.91 Å². The molecule has 0 spiro atoms. The van der Waals surface area contributed by atoms with Crippen molar-refractivity contribution in [2.45, 2.75) is 153 Å². The van der Waals surface area contributed by atoms with Crippen LogP contribution in [0.5, 0.6) is 0 Å². The quantitative estimate of drug-likeness (QED) is 0.0670. The summed E-state index contributed by atoms with van der Waals surface area (Å²) in [5.74, 6) is 59.7. The van der Waals surface area contributed by atoms with E-state index in [9.17, 15) is 30.3 Å². The van der Waals surface area contributed by atoms with Gasteiger partial charge in [-0.2, -0.15) is 0 Å². The van der Waals surface area contributed by atoms with Crippen LogP contribution in [0.4, 0.5) is 0 Å². The first kappa shape index (κ1) is 52.9. The van der Waals surface area contributed by atoms with Crippen molar-refractivity contribution in [3.05, 3.63) is 0 Å². The molecule has 0 aliphatic carbocycles. The summed E-state index contributed by atoms with van der Waals surface area (Å²) in [6, 6.07) is -1.14. The number of nitrogens with two attached hydrogens (primary N) is 1. The summed E-state index contributed by atoms with van der Waals surface area (Å²) in [6.45, 7) is 3.33. The van der Waals surface area contributed by atoms with Gasteiger partial charge in [0.05, 0.1) is 25.2 Å². The molecule has 0 radical (unpaired) electrons. The highest BCUT2D eigenvalue weighted by Gasteiger charge is 2.44. The largest absolute Gasteiger partial charge is 0.390 e. The first-order valence-electron chi connectivity index (χ1n) is 20.3. The molecule has 8 N–H and O–H groups in total. The number of nitrogens with one attached hydrogen (secondary N) is 1. The van der Waals surface area contributed by atoms with Gasteiger partial charge < -0.3 is 46.1 Å². The summed E-state index contributed by atoms with van der Waals surface area (Å²) in [7, 11) is 0. The summed E-state index contributed by atoms with van der Waals surface area (Å²) < 4.78 is 11.2. The Labute approximate surface area is 363 Å². The van der Waals surface area contributed by atoms with Crippen LogP contribution in [0.1, 0.15) is 104 Å². The highest BCUT2D eigenvalue weighted by atomic mass is 16.7. The van der Waals surface area contributed by atoms with Crippen LogP contribution in [-0.2, 0) is 14.3 Å². The highest BCUT2D eigenvalue weighted by Crippen LogP contribution is 2.22. The standard InChI is InChI=1S/C51H54N2O8/c1-3-5-7-9-11-13-15-17-18-19-20-21-22-23-24-25-26-27-28-30-32-34-36-38-40-46(55)53-43(42-60-51-50(59)49(58)48(57)45(41-52)61-51)47(56)44(54)39-37-35-33-31-29-16-14-12-10-8-6-4-2/h43-45,47-51,54,56-59H,4,6,8,10,12,14,16,29,31,33,35,37,39-42,52H2,1-2H3,(H,53,55)/t43-,44+,45?,47-,48-,49-,50?,51-/m0/s1. The number of carbonyl (C=O) groups is 1. The van der Waals surface area contributed by atoms with Crippen molar-refractivity contribution in [2.75, 3.05) is 13.2 Å². The van der Waals surface area contributed by atoms with E-state index in [1.54, 1.807) is 6.92 Å². The van der Waals surface area contributed by atoms with Gasteiger partial charge in [0.2, 0.25) is 5.91 Å². The Bertz CT molecular complexity index is 2160. The van der Waals surface area contributed by atoms with Crippen LogP contribution in [0.2, 0.25) is 0 Å². The Hall–Kier alpha value is -6.13. The molecule has 10 nitrogen and oxygen atoms in total. The average Bonchev–Trinajstić information content (AvgIpc) is 3.26. The van der Waals surface area contributed by atoms with Crippen molar-refractivity contribution in [1.29, 1.82) is 0 Å². The van der Waals surface area contributed by atoms with Crippen LogP contribution < -0.4 is 11.1 Å². The van der Waals surface area contributed by atoms with Crippen molar-refractivity contribution in [3.63, 3.8) is 0 Å². The minimum Gasteiger partial charge on any atom is -0.390 e. The van der Waals surface area contributed by atoms with Gasteiger partial charge in [-0.05, 0) is 108 Å². The third kappa shape index (κ3) is 27.3. The Morgan fingerprint density at radius 1 is 0.607 bits per heavy atom. The molecule has 1 fully saturated rings. The maximum absolute atomic E-state index is 12.8. The number of aliphatic hydroxyl groups is 5. The molecule has 0 aromatic carbocycles. The molecule has 61 heavy (non-hydrogen) atoms. The number of hydrogen-bond donors (Lipinski definition) is 7. The summed E-state index contributed by atoms with van der Waals surface area (Å²) in [4.78, 5) is 12.8. The topological polar surface area (TPSA) is 175 Å². The normalized spacial score (nSPS) is 17.7. The molecule has 1 amide bonds. The molecule has 0 aromatic heterocycles. The van der Waals surface area contributed by atoms with E-state index in [2.05, 4.69) is 154 Å². The second-order valence-corrected chi connectivity index (χ2v) is 13.3. The molecular formula is C51H54N2O8. The Morgan fingerprint density at radius 2 is 1.02 bits per heavy atom. The van der Waals surface area contributed by atoms with Gasteiger partial charge in [-0.3, -0.25) is 4.79 Å². The predicted molar refractivity (Wildman–Crippen MR) is 235 cm³/mol. The molecule has 2 unspecified atom stereocenters. The van der Waals surface area contributed by atoms with Crippen LogP contribution >= 0.6 is 0 Å².